The zero-order chi connectivity index (χ0) is 35.8. The molecule has 0 aliphatic carbocycles. The van der Waals surface area contributed by atoms with Crippen LogP contribution in [0, 0.1) is 0 Å². The molecule has 0 saturated carbocycles. The number of hydrogen-bond donors (Lipinski definition) is 30. The Balaban J connectivity index is -0.0000000270. The van der Waals surface area contributed by atoms with Crippen LogP contribution >= 0.6 is 0 Å². The summed E-state index contributed by atoms with van der Waals surface area (Å²) in [6, 6.07) is 0. The molecule has 41 heavy (non-hydrogen) atoms. The van der Waals surface area contributed by atoms with Crippen LogP contribution in [0.25, 0.3) is 0 Å². The molecule has 0 aliphatic rings. The fourth-order valence-corrected chi connectivity index (χ4v) is 0. The van der Waals surface area contributed by atoms with E-state index in [1.54, 1.807) is 0 Å². The van der Waals surface area contributed by atoms with Crippen molar-refractivity contribution in [2.45, 2.75) is 0 Å². The summed E-state index contributed by atoms with van der Waals surface area (Å²) in [5.74, 6) is 0. The molecule has 0 aromatic heterocycles. The van der Waals surface area contributed by atoms with E-state index in [9.17, 15) is 0 Å². The first-order valence-corrected chi connectivity index (χ1v) is 7.75. The van der Waals surface area contributed by atoms with Gasteiger partial charge in [0.25, 0.3) is 0 Å². The van der Waals surface area contributed by atoms with Crippen molar-refractivity contribution in [3.8, 4) is 0 Å². The summed E-state index contributed by atoms with van der Waals surface area (Å²) in [4.78, 5) is 0. The molecule has 0 aromatic carbocycles. The molecule has 0 radical (unpaired) electrons. The van der Waals surface area contributed by atoms with Crippen molar-refractivity contribution in [1.29, 1.82) is 0 Å². The van der Waals surface area contributed by atoms with Crippen LogP contribution in [0.1, 0.15) is 0 Å². The maximum absolute atomic E-state index is 7.17. The van der Waals surface area contributed by atoms with E-state index < -0.39 is 73.2 Å². The van der Waals surface area contributed by atoms with Gasteiger partial charge in [0.1, 0.15) is 0 Å². The first-order chi connectivity index (χ1) is 17.3. The van der Waals surface area contributed by atoms with Gasteiger partial charge in [0, 0.05) is 0 Å². The third-order valence-electron chi connectivity index (χ3n) is 0. The van der Waals surface area contributed by atoms with E-state index in [0.29, 0.717) is 0 Å². The average molecular weight is 658 g/mol. The maximum atomic E-state index is 7.17. The van der Waals surface area contributed by atoms with Gasteiger partial charge in [-0.25, -0.2) is 0 Å². The molecule has 242 valence electrons. The summed E-state index contributed by atoms with van der Waals surface area (Å²) < 4.78 is 0. The summed E-state index contributed by atoms with van der Waals surface area (Å²) in [5, 5.41) is 215. The molecule has 41 heteroatoms. The van der Waals surface area contributed by atoms with Crippen LogP contribution < -0.4 is 0 Å². The van der Waals surface area contributed by atoms with Gasteiger partial charge in [0.05, 0.1) is 0 Å². The summed E-state index contributed by atoms with van der Waals surface area (Å²) in [5.41, 5.74) is 0. The number of hydrogen-bond acceptors (Lipinski definition) is 30. The van der Waals surface area contributed by atoms with E-state index in [0.717, 1.165) is 0 Å². The second-order valence-corrected chi connectivity index (χ2v) is 3.46. The SMILES string of the molecule is OB(O)O.OB(O)O.OB(O)O.OB(O)O.OB(O)O.OB(O)O.OB(O)O.OB(O)O.OB(O)O.OB(O)O.[KH]. The molecule has 30 N–H and O–H groups in total. The van der Waals surface area contributed by atoms with Gasteiger partial charge in [-0.15, -0.1) is 0 Å². The van der Waals surface area contributed by atoms with E-state index in [-0.39, 0.29) is 51.4 Å². The van der Waals surface area contributed by atoms with E-state index in [4.69, 9.17) is 151 Å². The van der Waals surface area contributed by atoms with Crippen LogP contribution in [0.5, 0.6) is 0 Å². The molecule has 0 atom stereocenters. The number of rotatable bonds is 0. The minimum atomic E-state index is -2.17. The van der Waals surface area contributed by atoms with Gasteiger partial charge in [-0.05, 0) is 0 Å². The molecule has 0 amide bonds. The topological polar surface area (TPSA) is 607 Å². The average Bonchev–Trinajstić information content (AvgIpc) is 2.47. The van der Waals surface area contributed by atoms with Crippen molar-refractivity contribution in [3.05, 3.63) is 0 Å². The molecule has 0 aromatic rings. The molecule has 0 aliphatic heterocycles. The zero-order valence-corrected chi connectivity index (χ0v) is 19.2. The molecule has 0 saturated heterocycles. The Hall–Kier alpha value is 1.09. The Kier molecular flexibility index (Phi) is 123. The zero-order valence-electron chi connectivity index (χ0n) is 19.2. The predicted molar refractivity (Wildman–Crippen MR) is 131 cm³/mol. The second kappa shape index (κ2) is 68.3. The Bertz CT molecular complexity index is 186. The summed E-state index contributed by atoms with van der Waals surface area (Å²) in [7, 11) is -21.7. The van der Waals surface area contributed by atoms with Crippen LogP contribution in [0.3, 0.4) is 0 Å². The quantitative estimate of drug-likeness (QED) is 0.107. The van der Waals surface area contributed by atoms with Gasteiger partial charge < -0.3 is 151 Å². The van der Waals surface area contributed by atoms with Crippen molar-refractivity contribution in [2.24, 2.45) is 0 Å². The molecule has 0 heterocycles. The van der Waals surface area contributed by atoms with Gasteiger partial charge in [-0.2, -0.15) is 0 Å². The van der Waals surface area contributed by atoms with Crippen molar-refractivity contribution < 1.29 is 151 Å². The van der Waals surface area contributed by atoms with Crippen molar-refractivity contribution in [2.75, 3.05) is 0 Å². The molecule has 0 bridgehead atoms. The van der Waals surface area contributed by atoms with Crippen LogP contribution in [0.2, 0.25) is 0 Å². The monoisotopic (exact) mass is 660 g/mol. The van der Waals surface area contributed by atoms with Crippen molar-refractivity contribution in [1.82, 2.24) is 0 Å². The molecule has 0 rings (SSSR count). The molecular weight excluding hydrogens is 627 g/mol. The second-order valence-electron chi connectivity index (χ2n) is 3.46. The van der Waals surface area contributed by atoms with E-state index >= 15 is 0 Å². The van der Waals surface area contributed by atoms with Crippen LogP contribution in [0.15, 0.2) is 0 Å². The van der Waals surface area contributed by atoms with Crippen LogP contribution in [-0.4, -0.2) is 275 Å². The Labute approximate surface area is 273 Å². The van der Waals surface area contributed by atoms with Crippen LogP contribution in [0.4, 0.5) is 0 Å². The Morgan fingerprint density at radius 3 is 0.122 bits per heavy atom. The van der Waals surface area contributed by atoms with Gasteiger partial charge in [0.15, 0.2) is 0 Å². The van der Waals surface area contributed by atoms with Gasteiger partial charge in [-0.3, -0.25) is 0 Å². The van der Waals surface area contributed by atoms with Gasteiger partial charge >= 0.3 is 125 Å². The van der Waals surface area contributed by atoms with Crippen molar-refractivity contribution >= 4 is 125 Å². The van der Waals surface area contributed by atoms with E-state index in [2.05, 4.69) is 0 Å². The predicted octanol–water partition coefficient (Wildman–Crippen LogP) is -21.2. The van der Waals surface area contributed by atoms with Crippen molar-refractivity contribution in [3.63, 3.8) is 0 Å². The standard InChI is InChI=1S/10BH3O3.K.H/c10*2-1(3)4;;/h10*2-4H;;. The molecule has 0 fully saturated rings. The van der Waals surface area contributed by atoms with Gasteiger partial charge in [-0.1, -0.05) is 0 Å². The molecule has 30 nitrogen and oxygen atoms in total. The molecule has 0 unspecified atom stereocenters. The fraction of sp³-hybridized carbons (Fsp3) is 0. The normalized spacial score (nSPS) is 6.59. The third-order valence-corrected chi connectivity index (χ3v) is 0. The summed E-state index contributed by atoms with van der Waals surface area (Å²) >= 11 is 0. The Morgan fingerprint density at radius 1 is 0.122 bits per heavy atom. The fourth-order valence-electron chi connectivity index (χ4n) is 0. The van der Waals surface area contributed by atoms with Gasteiger partial charge in [0.2, 0.25) is 0 Å². The van der Waals surface area contributed by atoms with Crippen LogP contribution in [-0.2, 0) is 0 Å². The first kappa shape index (κ1) is 73.5. The van der Waals surface area contributed by atoms with E-state index in [1.165, 1.54) is 0 Å². The Morgan fingerprint density at radius 2 is 0.122 bits per heavy atom. The minimum absolute atomic E-state index is 0. The van der Waals surface area contributed by atoms with E-state index in [1.807, 2.05) is 0 Å². The first-order valence-electron chi connectivity index (χ1n) is 7.75. The molecule has 0 spiro atoms. The molecular formula is H31B10KO30. The summed E-state index contributed by atoms with van der Waals surface area (Å²) in [6.07, 6.45) is 0. The third kappa shape index (κ3) is 53200. The summed E-state index contributed by atoms with van der Waals surface area (Å²) in [6.45, 7) is 0.